The molecule has 3 rings (SSSR count). The number of benzene rings is 2. The van der Waals surface area contributed by atoms with Crippen LogP contribution in [0.5, 0.6) is 0 Å². The minimum Gasteiger partial charge on any atom is -0.443 e. The van der Waals surface area contributed by atoms with E-state index < -0.39 is 20.8 Å². The van der Waals surface area contributed by atoms with Crippen LogP contribution in [0.3, 0.4) is 0 Å². The Hall–Kier alpha value is -2.35. The van der Waals surface area contributed by atoms with Crippen LogP contribution in [0.15, 0.2) is 87.2 Å². The highest BCUT2D eigenvalue weighted by Gasteiger charge is 2.22. The van der Waals surface area contributed by atoms with Gasteiger partial charge in [-0.1, -0.05) is 54.1 Å². The van der Waals surface area contributed by atoms with Crippen LogP contribution in [0, 0.1) is 0 Å². The van der Waals surface area contributed by atoms with Crippen LogP contribution in [-0.4, -0.2) is 18.4 Å². The molecule has 5 nitrogen and oxygen atoms in total. The van der Waals surface area contributed by atoms with Crippen molar-refractivity contribution < 1.29 is 17.0 Å². The average molecular weight is 436 g/mol. The molecule has 0 aliphatic carbocycles. The van der Waals surface area contributed by atoms with E-state index in [4.69, 9.17) is 16.0 Å². The minimum absolute atomic E-state index is 0.151. The lowest BCUT2D eigenvalue weighted by molar-refractivity contribution is 0.484. The number of sulfonamides is 1. The Morgan fingerprint density at radius 2 is 2.00 bits per heavy atom. The highest BCUT2D eigenvalue weighted by atomic mass is 35.5. The highest BCUT2D eigenvalue weighted by molar-refractivity contribution is 7.92. The topological polar surface area (TPSA) is 76.4 Å². The van der Waals surface area contributed by atoms with Crippen LogP contribution in [0.1, 0.15) is 6.92 Å². The van der Waals surface area contributed by atoms with Gasteiger partial charge in [-0.05, 0) is 31.2 Å². The van der Waals surface area contributed by atoms with E-state index in [9.17, 15) is 12.6 Å². The van der Waals surface area contributed by atoms with Crippen LogP contribution in [0.2, 0.25) is 5.02 Å². The second-order valence-corrected chi connectivity index (χ2v) is 9.56. The fourth-order valence-corrected chi connectivity index (χ4v) is 5.12. The van der Waals surface area contributed by atoms with Gasteiger partial charge < -0.3 is 4.42 Å². The van der Waals surface area contributed by atoms with E-state index in [0.717, 1.165) is 5.57 Å². The number of hydrogen-bond donors (Lipinski definition) is 1. The normalized spacial score (nSPS) is 13.4. The number of para-hydroxylation sites is 1. The molecule has 0 radical (unpaired) electrons. The molecule has 8 heteroatoms. The van der Waals surface area contributed by atoms with E-state index in [1.54, 1.807) is 48.6 Å². The third-order valence-corrected chi connectivity index (χ3v) is 6.88. The Kier molecular flexibility index (Phi) is 6.07. The molecule has 1 atom stereocenters. The fourth-order valence-electron chi connectivity index (χ4n) is 2.60. The largest absolute Gasteiger partial charge is 0.443 e. The molecule has 0 spiro atoms. The lowest BCUT2D eigenvalue weighted by Crippen LogP contribution is -2.14. The summed E-state index contributed by atoms with van der Waals surface area (Å²) in [6.07, 6.45) is 3.37. The van der Waals surface area contributed by atoms with Crippen LogP contribution in [0.4, 0.5) is 5.69 Å². The van der Waals surface area contributed by atoms with E-state index in [0.29, 0.717) is 20.9 Å². The van der Waals surface area contributed by atoms with Crippen molar-refractivity contribution in [3.8, 4) is 0 Å². The van der Waals surface area contributed by atoms with Gasteiger partial charge in [0.2, 0.25) is 5.09 Å². The molecule has 28 heavy (non-hydrogen) atoms. The van der Waals surface area contributed by atoms with Crippen molar-refractivity contribution in [3.05, 3.63) is 77.9 Å². The lowest BCUT2D eigenvalue weighted by Gasteiger charge is -2.12. The van der Waals surface area contributed by atoms with E-state index >= 15 is 0 Å². The summed E-state index contributed by atoms with van der Waals surface area (Å²) >= 11 is 6.03. The summed E-state index contributed by atoms with van der Waals surface area (Å²) in [6, 6.07) is 13.0. The first-order valence-corrected chi connectivity index (χ1v) is 11.5. The summed E-state index contributed by atoms with van der Waals surface area (Å²) in [5.74, 6) is 0.243. The molecule has 1 unspecified atom stereocenters. The first-order valence-electron chi connectivity index (χ1n) is 8.27. The third-order valence-electron chi connectivity index (χ3n) is 3.86. The van der Waals surface area contributed by atoms with Gasteiger partial charge in [0.05, 0.1) is 21.4 Å². The molecule has 0 aliphatic rings. The smallest absolute Gasteiger partial charge is 0.295 e. The summed E-state index contributed by atoms with van der Waals surface area (Å²) in [4.78, 5) is 0.334. The molecule has 0 bridgehead atoms. The Morgan fingerprint density at radius 3 is 2.71 bits per heavy atom. The van der Waals surface area contributed by atoms with Gasteiger partial charge in [0.15, 0.2) is 0 Å². The Balaban J connectivity index is 1.96. The van der Waals surface area contributed by atoms with Gasteiger partial charge in [0, 0.05) is 22.2 Å². The summed E-state index contributed by atoms with van der Waals surface area (Å²) < 4.78 is 46.3. The molecule has 146 valence electrons. The number of nitrogens with one attached hydrogen (secondary N) is 1. The number of halogens is 1. The molecule has 2 aromatic carbocycles. The van der Waals surface area contributed by atoms with Gasteiger partial charge in [-0.2, -0.15) is 8.42 Å². The molecular weight excluding hydrogens is 418 g/mol. The summed E-state index contributed by atoms with van der Waals surface area (Å²) in [6.45, 7) is 5.44. The maximum Gasteiger partial charge on any atom is 0.295 e. The van der Waals surface area contributed by atoms with Gasteiger partial charge in [-0.25, -0.2) is 0 Å². The summed E-state index contributed by atoms with van der Waals surface area (Å²) in [7, 11) is -5.50. The molecule has 3 aromatic rings. The van der Waals surface area contributed by atoms with Gasteiger partial charge in [0.25, 0.3) is 10.0 Å². The van der Waals surface area contributed by atoms with Gasteiger partial charge in [-0.3, -0.25) is 8.93 Å². The van der Waals surface area contributed by atoms with Crippen LogP contribution >= 0.6 is 11.6 Å². The molecule has 0 fully saturated rings. The number of rotatable bonds is 7. The van der Waals surface area contributed by atoms with E-state index in [-0.39, 0.29) is 16.5 Å². The molecule has 0 saturated heterocycles. The molecule has 0 aliphatic heterocycles. The number of furan rings is 1. The van der Waals surface area contributed by atoms with Crippen molar-refractivity contribution in [2.24, 2.45) is 0 Å². The SMILES string of the molecule is C=C/C=C(\C)CS(=O)c1ccc(Cl)cc1NS(=O)(=O)c1cc2ccccc2o1. The van der Waals surface area contributed by atoms with Gasteiger partial charge in [0.1, 0.15) is 5.58 Å². The van der Waals surface area contributed by atoms with Gasteiger partial charge >= 0.3 is 0 Å². The zero-order valence-corrected chi connectivity index (χ0v) is 17.4. The quantitative estimate of drug-likeness (QED) is 0.522. The average Bonchev–Trinajstić information content (AvgIpc) is 3.06. The first kappa shape index (κ1) is 20.4. The van der Waals surface area contributed by atoms with E-state index in [1.165, 1.54) is 12.1 Å². The van der Waals surface area contributed by atoms with Crippen molar-refractivity contribution in [2.45, 2.75) is 16.9 Å². The molecule has 1 N–H and O–H groups in total. The standard InChI is InChI=1S/C20H18ClNO4S2/c1-3-6-14(2)13-27(23)19-10-9-16(21)12-17(19)22-28(24,25)20-11-15-7-4-5-8-18(15)26-20/h3-12,22H,1,13H2,2H3/b14-6+. The zero-order chi connectivity index (χ0) is 20.3. The van der Waals surface area contributed by atoms with Crippen molar-refractivity contribution in [1.29, 1.82) is 0 Å². The predicted octanol–water partition coefficient (Wildman–Crippen LogP) is 5.13. The summed E-state index contributed by atoms with van der Waals surface area (Å²) in [5.41, 5.74) is 1.47. The molecule has 1 aromatic heterocycles. The molecule has 0 amide bonds. The Bertz CT molecular complexity index is 1160. The second-order valence-electron chi connectivity index (χ2n) is 6.09. The number of anilines is 1. The van der Waals surface area contributed by atoms with Gasteiger partial charge in [-0.15, -0.1) is 0 Å². The first-order chi connectivity index (χ1) is 13.3. The summed E-state index contributed by atoms with van der Waals surface area (Å²) in [5, 5.41) is 0.762. The Labute approximate surface area is 171 Å². The maximum atomic E-state index is 12.8. The minimum atomic E-state index is -4.03. The second kappa shape index (κ2) is 8.34. The molecule has 1 heterocycles. The van der Waals surface area contributed by atoms with Crippen molar-refractivity contribution in [2.75, 3.05) is 10.5 Å². The zero-order valence-electron chi connectivity index (χ0n) is 15.0. The van der Waals surface area contributed by atoms with E-state index in [1.807, 2.05) is 6.92 Å². The maximum absolute atomic E-state index is 12.8. The Morgan fingerprint density at radius 1 is 1.25 bits per heavy atom. The lowest BCUT2D eigenvalue weighted by atomic mass is 10.3. The molecule has 0 saturated carbocycles. The van der Waals surface area contributed by atoms with Crippen molar-refractivity contribution in [1.82, 2.24) is 0 Å². The van der Waals surface area contributed by atoms with Crippen LogP contribution in [-0.2, 0) is 20.8 Å². The monoisotopic (exact) mass is 435 g/mol. The fraction of sp³-hybridized carbons (Fsp3) is 0.100. The predicted molar refractivity (Wildman–Crippen MR) is 114 cm³/mol. The van der Waals surface area contributed by atoms with Crippen molar-refractivity contribution in [3.63, 3.8) is 0 Å². The number of hydrogen-bond acceptors (Lipinski definition) is 4. The van der Waals surface area contributed by atoms with E-state index in [2.05, 4.69) is 11.3 Å². The van der Waals surface area contributed by atoms with Crippen LogP contribution in [0.25, 0.3) is 11.0 Å². The molecular formula is C20H18ClNO4S2. The number of allylic oxidation sites excluding steroid dienone is 2. The third kappa shape index (κ3) is 4.55. The van der Waals surface area contributed by atoms with Crippen LogP contribution < -0.4 is 4.72 Å². The highest BCUT2D eigenvalue weighted by Crippen LogP contribution is 2.29. The number of fused-ring (bicyclic) bond motifs is 1. The van der Waals surface area contributed by atoms with Crippen molar-refractivity contribution >= 4 is 49.1 Å².